The Balaban J connectivity index is 0.00000169. The topological polar surface area (TPSA) is 60.4 Å². The van der Waals surface area contributed by atoms with Crippen LogP contribution in [0.2, 0.25) is 0 Å². The second-order valence-electron chi connectivity index (χ2n) is 2.09. The second kappa shape index (κ2) is 5.72. The Labute approximate surface area is 109 Å². The zero-order valence-electron chi connectivity index (χ0n) is 6.31. The molecule has 0 heterocycles. The second-order valence-corrected chi connectivity index (χ2v) is 4.10. The minimum absolute atomic E-state index is 0. The Morgan fingerprint density at radius 1 is 1.21 bits per heavy atom. The number of benzene rings is 1. The van der Waals surface area contributed by atoms with Gasteiger partial charge in [-0.25, -0.2) is 0 Å². The molecule has 0 radical (unpaired) electrons. The van der Waals surface area contributed by atoms with E-state index in [-0.39, 0.29) is 35.3 Å². The summed E-state index contributed by atoms with van der Waals surface area (Å²) in [5.41, 5.74) is 0. The number of carbonyl (C=O) groups excluding carboxylic acids is 1. The Morgan fingerprint density at radius 2 is 1.71 bits per heavy atom. The molecule has 14 heavy (non-hydrogen) atoms. The molecule has 1 aromatic carbocycles. The van der Waals surface area contributed by atoms with E-state index >= 15 is 0 Å². The van der Waals surface area contributed by atoms with Crippen molar-refractivity contribution in [3.63, 3.8) is 0 Å². The number of hydrogen-bond donors (Lipinski definition) is 0. The third-order valence-electron chi connectivity index (χ3n) is 1.15. The number of rotatable bonds is 2. The molecule has 0 aliphatic rings. The molecule has 0 saturated heterocycles. The molecule has 4 nitrogen and oxygen atoms in total. The van der Waals surface area contributed by atoms with Crippen LogP contribution in [0.15, 0.2) is 30.3 Å². The van der Waals surface area contributed by atoms with E-state index in [1.165, 1.54) is 12.1 Å². The van der Waals surface area contributed by atoms with Gasteiger partial charge in [0.15, 0.2) is 0 Å². The quantitative estimate of drug-likeness (QED) is 0.444. The van der Waals surface area contributed by atoms with Crippen molar-refractivity contribution in [2.75, 3.05) is 0 Å². The molecule has 1 rings (SSSR count). The first kappa shape index (κ1) is 13.9. The fourth-order valence-corrected chi connectivity index (χ4v) is 1.16. The average Bonchev–Trinajstić information content (AvgIpc) is 2.05. The maximum absolute atomic E-state index is 10.8. The molecule has 0 unspecified atom stereocenters. The predicted octanol–water partition coefficient (Wildman–Crippen LogP) is 1.11. The van der Waals surface area contributed by atoms with Crippen LogP contribution in [-0.2, 0) is 10.1 Å². The summed E-state index contributed by atoms with van der Waals surface area (Å²) < 4.78 is 24.4. The van der Waals surface area contributed by atoms with Crippen LogP contribution in [0.25, 0.3) is 0 Å². The van der Waals surface area contributed by atoms with Gasteiger partial charge in [0, 0.05) is 0 Å². The standard InChI is InChI=1S/C7H5ClO4S.Na.H/c8-7(9)13(10,11)12-6-4-2-1-3-5-6;;/h1-5H;;. The molecule has 0 atom stereocenters. The zero-order chi connectivity index (χ0) is 9.90. The van der Waals surface area contributed by atoms with E-state index in [0.717, 1.165) is 0 Å². The van der Waals surface area contributed by atoms with Crippen molar-refractivity contribution in [1.29, 1.82) is 0 Å². The summed E-state index contributed by atoms with van der Waals surface area (Å²) in [6, 6.07) is 7.63. The van der Waals surface area contributed by atoms with Crippen LogP contribution in [0.3, 0.4) is 0 Å². The molecule has 0 N–H and O–H groups in total. The van der Waals surface area contributed by atoms with Crippen molar-refractivity contribution in [2.45, 2.75) is 0 Å². The fraction of sp³-hybridized carbons (Fsp3) is 0. The normalized spacial score (nSPS) is 10.1. The van der Waals surface area contributed by atoms with Crippen LogP contribution in [0.4, 0.5) is 4.79 Å². The SMILES string of the molecule is O=C(Cl)S(=O)(=O)Oc1ccccc1.[NaH]. The van der Waals surface area contributed by atoms with Gasteiger partial charge in [-0.2, -0.15) is 8.42 Å². The van der Waals surface area contributed by atoms with Gasteiger partial charge in [-0.15, -0.1) is 0 Å². The van der Waals surface area contributed by atoms with E-state index in [1.807, 2.05) is 0 Å². The molecular formula is C7H6ClNaO4S. The summed E-state index contributed by atoms with van der Waals surface area (Å²) in [6.07, 6.45) is 0. The maximum atomic E-state index is 10.8. The summed E-state index contributed by atoms with van der Waals surface area (Å²) in [5, 5.41) is 0. The van der Waals surface area contributed by atoms with Gasteiger partial charge in [-0.3, -0.25) is 4.79 Å². The van der Waals surface area contributed by atoms with Crippen molar-refractivity contribution >= 4 is 55.9 Å². The number of hydrogen-bond acceptors (Lipinski definition) is 4. The van der Waals surface area contributed by atoms with Crippen LogP contribution < -0.4 is 4.18 Å². The van der Waals surface area contributed by atoms with Crippen molar-refractivity contribution in [2.24, 2.45) is 0 Å². The molecule has 0 bridgehead atoms. The first-order chi connectivity index (χ1) is 6.02. The van der Waals surface area contributed by atoms with Crippen LogP contribution in [0.5, 0.6) is 5.75 Å². The molecule has 1 aromatic rings. The summed E-state index contributed by atoms with van der Waals surface area (Å²) in [5.74, 6) is 0.0523. The molecule has 0 saturated carbocycles. The monoisotopic (exact) mass is 244 g/mol. The predicted molar refractivity (Wildman–Crippen MR) is 54.4 cm³/mol. The van der Waals surface area contributed by atoms with Gasteiger partial charge in [-0.1, -0.05) is 18.2 Å². The van der Waals surface area contributed by atoms with Gasteiger partial charge in [0.25, 0.3) is 0 Å². The van der Waals surface area contributed by atoms with Gasteiger partial charge in [0.2, 0.25) is 0 Å². The average molecular weight is 245 g/mol. The van der Waals surface area contributed by atoms with Gasteiger partial charge in [0.05, 0.1) is 0 Å². The minimum atomic E-state index is -4.32. The first-order valence-electron chi connectivity index (χ1n) is 3.21. The Hall–Kier alpha value is -0.0700. The molecule has 0 spiro atoms. The molecule has 0 amide bonds. The Bertz CT molecular complexity index is 403. The zero-order valence-corrected chi connectivity index (χ0v) is 7.88. The van der Waals surface area contributed by atoms with Gasteiger partial charge >= 0.3 is 44.2 Å². The Kier molecular flexibility index (Phi) is 5.70. The summed E-state index contributed by atoms with van der Waals surface area (Å²) >= 11 is 4.77. The molecule has 0 aliphatic carbocycles. The third kappa shape index (κ3) is 3.98. The fourth-order valence-electron chi connectivity index (χ4n) is 0.635. The summed E-state index contributed by atoms with van der Waals surface area (Å²) in [4.78, 5) is 10.3. The van der Waals surface area contributed by atoms with Crippen molar-refractivity contribution in [1.82, 2.24) is 0 Å². The summed E-state index contributed by atoms with van der Waals surface area (Å²) in [7, 11) is -4.32. The van der Waals surface area contributed by atoms with Crippen LogP contribution in [0, 0.1) is 0 Å². The van der Waals surface area contributed by atoms with E-state index in [4.69, 9.17) is 11.6 Å². The molecule has 7 heteroatoms. The van der Waals surface area contributed by atoms with Gasteiger partial charge in [0.1, 0.15) is 5.75 Å². The molecule has 0 fully saturated rings. The van der Waals surface area contributed by atoms with Crippen LogP contribution >= 0.6 is 11.6 Å². The third-order valence-corrected chi connectivity index (χ3v) is 2.52. The number of para-hydroxylation sites is 1. The van der Waals surface area contributed by atoms with E-state index < -0.39 is 14.7 Å². The molecular weight excluding hydrogens is 239 g/mol. The number of halogens is 1. The molecule has 72 valence electrons. The Morgan fingerprint density at radius 3 is 2.14 bits per heavy atom. The number of carbonyl (C=O) groups is 1. The summed E-state index contributed by atoms with van der Waals surface area (Å²) in [6.45, 7) is 0. The van der Waals surface area contributed by atoms with Crippen LogP contribution in [-0.4, -0.2) is 42.5 Å². The first-order valence-corrected chi connectivity index (χ1v) is 5.00. The van der Waals surface area contributed by atoms with Gasteiger partial charge in [-0.05, 0) is 23.7 Å². The van der Waals surface area contributed by atoms with Crippen molar-refractivity contribution in [3.8, 4) is 5.75 Å². The molecule has 0 aromatic heterocycles. The van der Waals surface area contributed by atoms with Crippen molar-refractivity contribution < 1.29 is 17.4 Å². The molecule has 0 aliphatic heterocycles. The van der Waals surface area contributed by atoms with E-state index in [0.29, 0.717) is 0 Å². The van der Waals surface area contributed by atoms with Crippen LogP contribution in [0.1, 0.15) is 0 Å². The van der Waals surface area contributed by atoms with E-state index in [1.54, 1.807) is 18.2 Å². The van der Waals surface area contributed by atoms with Crippen molar-refractivity contribution in [3.05, 3.63) is 30.3 Å². The van der Waals surface area contributed by atoms with E-state index in [9.17, 15) is 13.2 Å². The van der Waals surface area contributed by atoms with Gasteiger partial charge < -0.3 is 4.18 Å². The van der Waals surface area contributed by atoms with E-state index in [2.05, 4.69) is 4.18 Å².